The Bertz CT molecular complexity index is 460. The van der Waals surface area contributed by atoms with Gasteiger partial charge in [-0.05, 0) is 51.4 Å². The highest BCUT2D eigenvalue weighted by Crippen LogP contribution is 2.40. The van der Waals surface area contributed by atoms with Crippen LogP contribution < -0.4 is 9.47 Å². The minimum absolute atomic E-state index is 0.110. The third-order valence-electron chi connectivity index (χ3n) is 4.65. The molecular formula is C18H27NO3. The van der Waals surface area contributed by atoms with Crippen LogP contribution in [0.2, 0.25) is 0 Å². The molecule has 1 aromatic carbocycles. The number of hydrogen-bond acceptors (Lipinski definition) is 4. The lowest BCUT2D eigenvalue weighted by atomic mass is 10.1. The first kappa shape index (κ1) is 15.6. The van der Waals surface area contributed by atoms with Crippen LogP contribution in [0.15, 0.2) is 24.3 Å². The van der Waals surface area contributed by atoms with Crippen molar-refractivity contribution in [1.82, 2.24) is 4.90 Å². The summed E-state index contributed by atoms with van der Waals surface area (Å²) in [5, 5.41) is 0. The van der Waals surface area contributed by atoms with Gasteiger partial charge < -0.3 is 19.1 Å². The lowest BCUT2D eigenvalue weighted by Crippen LogP contribution is -2.47. The second-order valence-electron chi connectivity index (χ2n) is 6.44. The van der Waals surface area contributed by atoms with E-state index in [0.717, 1.165) is 31.1 Å². The molecule has 0 radical (unpaired) electrons. The zero-order valence-corrected chi connectivity index (χ0v) is 13.7. The highest BCUT2D eigenvalue weighted by molar-refractivity contribution is 5.42. The monoisotopic (exact) mass is 305 g/mol. The van der Waals surface area contributed by atoms with Crippen molar-refractivity contribution in [3.63, 3.8) is 0 Å². The van der Waals surface area contributed by atoms with Crippen molar-refractivity contribution in [1.29, 1.82) is 0 Å². The molecule has 122 valence electrons. The number of para-hydroxylation sites is 2. The van der Waals surface area contributed by atoms with Gasteiger partial charge in [-0.1, -0.05) is 18.6 Å². The molecule has 0 amide bonds. The third kappa shape index (κ3) is 3.55. The maximum Gasteiger partial charge on any atom is 0.274 e. The van der Waals surface area contributed by atoms with E-state index < -0.39 is 5.79 Å². The summed E-state index contributed by atoms with van der Waals surface area (Å²) in [5.41, 5.74) is 0. The molecule has 1 saturated heterocycles. The summed E-state index contributed by atoms with van der Waals surface area (Å²) in [7, 11) is 0. The molecule has 0 aromatic heterocycles. The minimum Gasteiger partial charge on any atom is -0.446 e. The highest BCUT2D eigenvalue weighted by atomic mass is 16.8. The Morgan fingerprint density at radius 1 is 1.14 bits per heavy atom. The average Bonchev–Trinajstić information content (AvgIpc) is 2.90. The average molecular weight is 305 g/mol. The maximum absolute atomic E-state index is 5.97. The smallest absolute Gasteiger partial charge is 0.274 e. The number of fused-ring (bicyclic) bond motifs is 1. The van der Waals surface area contributed by atoms with E-state index in [4.69, 9.17) is 14.2 Å². The van der Waals surface area contributed by atoms with Gasteiger partial charge in [0.2, 0.25) is 0 Å². The Morgan fingerprint density at radius 3 is 2.41 bits per heavy atom. The van der Waals surface area contributed by atoms with E-state index in [2.05, 4.69) is 4.90 Å². The number of piperidine rings is 1. The van der Waals surface area contributed by atoms with Crippen molar-refractivity contribution in [2.75, 3.05) is 26.2 Å². The predicted molar refractivity (Wildman–Crippen MR) is 86.4 cm³/mol. The van der Waals surface area contributed by atoms with Crippen molar-refractivity contribution >= 4 is 0 Å². The van der Waals surface area contributed by atoms with Crippen molar-refractivity contribution in [3.8, 4) is 11.5 Å². The summed E-state index contributed by atoms with van der Waals surface area (Å²) in [6.07, 6.45) is 5.02. The van der Waals surface area contributed by atoms with Crippen LogP contribution in [-0.2, 0) is 4.74 Å². The molecule has 0 aliphatic carbocycles. The van der Waals surface area contributed by atoms with E-state index >= 15 is 0 Å². The minimum atomic E-state index is -0.727. The van der Waals surface area contributed by atoms with Gasteiger partial charge in [0.1, 0.15) is 6.10 Å². The standard InChI is InChI=1S/C18H27NO3/c1-15(20-14-8-13-19-11-6-3-7-12-19)18(2)21-16-9-4-5-10-17(16)22-18/h4-5,9-10,15H,3,6-8,11-14H2,1-2H3. The molecule has 0 bridgehead atoms. The first-order valence-electron chi connectivity index (χ1n) is 8.48. The van der Waals surface area contributed by atoms with Crippen LogP contribution in [0, 0.1) is 0 Å². The van der Waals surface area contributed by atoms with Crippen LogP contribution in [0.5, 0.6) is 11.5 Å². The molecule has 2 heterocycles. The van der Waals surface area contributed by atoms with Gasteiger partial charge in [-0.15, -0.1) is 0 Å². The Morgan fingerprint density at radius 2 is 1.77 bits per heavy atom. The fourth-order valence-corrected chi connectivity index (χ4v) is 3.12. The van der Waals surface area contributed by atoms with Crippen molar-refractivity contribution in [3.05, 3.63) is 24.3 Å². The summed E-state index contributed by atoms with van der Waals surface area (Å²) < 4.78 is 17.9. The topological polar surface area (TPSA) is 30.9 Å². The van der Waals surface area contributed by atoms with Crippen LogP contribution in [-0.4, -0.2) is 43.0 Å². The number of nitrogens with zero attached hydrogens (tertiary/aromatic N) is 1. The molecule has 0 saturated carbocycles. The summed E-state index contributed by atoms with van der Waals surface area (Å²) >= 11 is 0. The molecule has 22 heavy (non-hydrogen) atoms. The predicted octanol–water partition coefficient (Wildman–Crippen LogP) is 3.46. The Balaban J connectivity index is 1.41. The Kier molecular flexibility index (Phi) is 4.89. The molecular weight excluding hydrogens is 278 g/mol. The zero-order valence-electron chi connectivity index (χ0n) is 13.7. The molecule has 0 N–H and O–H groups in total. The van der Waals surface area contributed by atoms with E-state index in [1.165, 1.54) is 32.4 Å². The molecule has 0 spiro atoms. The van der Waals surface area contributed by atoms with Gasteiger partial charge in [-0.2, -0.15) is 0 Å². The van der Waals surface area contributed by atoms with Crippen molar-refractivity contribution < 1.29 is 14.2 Å². The van der Waals surface area contributed by atoms with Crippen molar-refractivity contribution in [2.24, 2.45) is 0 Å². The molecule has 1 aromatic rings. The number of benzene rings is 1. The normalized spacial score (nSPS) is 21.7. The third-order valence-corrected chi connectivity index (χ3v) is 4.65. The van der Waals surface area contributed by atoms with E-state index in [9.17, 15) is 0 Å². The summed E-state index contributed by atoms with van der Waals surface area (Å²) in [6, 6.07) is 7.78. The molecule has 1 unspecified atom stereocenters. The van der Waals surface area contributed by atoms with Crippen molar-refractivity contribution in [2.45, 2.75) is 51.4 Å². The lowest BCUT2D eigenvalue weighted by molar-refractivity contribution is -0.163. The first-order chi connectivity index (χ1) is 10.7. The molecule has 2 aliphatic rings. The van der Waals surface area contributed by atoms with E-state index in [1.807, 2.05) is 38.1 Å². The van der Waals surface area contributed by atoms with Crippen LogP contribution in [0.25, 0.3) is 0 Å². The van der Waals surface area contributed by atoms with Gasteiger partial charge in [-0.25, -0.2) is 0 Å². The van der Waals surface area contributed by atoms with E-state index in [-0.39, 0.29) is 6.10 Å². The van der Waals surface area contributed by atoms with Gasteiger partial charge in [0.25, 0.3) is 5.79 Å². The van der Waals surface area contributed by atoms with Crippen LogP contribution in [0.4, 0.5) is 0 Å². The molecule has 1 atom stereocenters. The van der Waals surface area contributed by atoms with Crippen LogP contribution in [0.1, 0.15) is 39.5 Å². The van der Waals surface area contributed by atoms with Gasteiger partial charge in [-0.3, -0.25) is 0 Å². The molecule has 4 nitrogen and oxygen atoms in total. The van der Waals surface area contributed by atoms with Gasteiger partial charge in [0.15, 0.2) is 11.5 Å². The van der Waals surface area contributed by atoms with Gasteiger partial charge in [0, 0.05) is 20.1 Å². The number of ether oxygens (including phenoxy) is 3. The largest absolute Gasteiger partial charge is 0.446 e. The number of rotatable bonds is 6. The van der Waals surface area contributed by atoms with Gasteiger partial charge in [0.05, 0.1) is 0 Å². The maximum atomic E-state index is 5.97. The lowest BCUT2D eigenvalue weighted by Gasteiger charge is -2.30. The van der Waals surface area contributed by atoms with E-state index in [1.54, 1.807) is 0 Å². The molecule has 4 heteroatoms. The SMILES string of the molecule is CC(OCCCN1CCCCC1)C1(C)Oc2ccccc2O1. The fraction of sp³-hybridized carbons (Fsp3) is 0.667. The second-order valence-corrected chi connectivity index (χ2v) is 6.44. The summed E-state index contributed by atoms with van der Waals surface area (Å²) in [6.45, 7) is 8.33. The first-order valence-corrected chi connectivity index (χ1v) is 8.48. The Hall–Kier alpha value is -1.26. The summed E-state index contributed by atoms with van der Waals surface area (Å²) in [4.78, 5) is 2.54. The summed E-state index contributed by atoms with van der Waals surface area (Å²) in [5.74, 6) is 0.872. The Labute approximate surface area is 133 Å². The molecule has 1 fully saturated rings. The van der Waals surface area contributed by atoms with Gasteiger partial charge >= 0.3 is 0 Å². The zero-order chi connectivity index (χ0) is 15.4. The van der Waals surface area contributed by atoms with E-state index in [0.29, 0.717) is 0 Å². The van der Waals surface area contributed by atoms with Crippen LogP contribution in [0.3, 0.4) is 0 Å². The second kappa shape index (κ2) is 6.88. The molecule has 3 rings (SSSR count). The number of likely N-dealkylation sites (tertiary alicyclic amines) is 1. The number of hydrogen-bond donors (Lipinski definition) is 0. The quantitative estimate of drug-likeness (QED) is 0.753. The van der Waals surface area contributed by atoms with Crippen LogP contribution >= 0.6 is 0 Å². The highest BCUT2D eigenvalue weighted by Gasteiger charge is 2.42. The fourth-order valence-electron chi connectivity index (χ4n) is 3.12. The molecule has 2 aliphatic heterocycles.